The van der Waals surface area contributed by atoms with Crippen molar-refractivity contribution in [1.29, 1.82) is 0 Å². The molecule has 5 nitrogen and oxygen atoms in total. The predicted molar refractivity (Wildman–Crippen MR) is 71.9 cm³/mol. The Bertz CT molecular complexity index is 674. The number of aromatic hydroxyl groups is 3. The summed E-state index contributed by atoms with van der Waals surface area (Å²) in [5.41, 5.74) is 0.297. The monoisotopic (exact) mass is 315 g/mol. The van der Waals surface area contributed by atoms with Crippen molar-refractivity contribution in [3.63, 3.8) is 0 Å². The van der Waals surface area contributed by atoms with Crippen molar-refractivity contribution in [3.05, 3.63) is 42.0 Å². The van der Waals surface area contributed by atoms with E-state index in [1.807, 2.05) is 0 Å². The Morgan fingerprint density at radius 3 is 2.41 bits per heavy atom. The Balaban J connectivity index is 2.15. The van der Waals surface area contributed by atoms with E-state index in [-0.39, 0.29) is 29.3 Å². The Kier molecular flexibility index (Phi) is 4.20. The molecule has 0 saturated heterocycles. The number of para-hydroxylation sites is 1. The fraction of sp³-hybridized carbons (Fsp3) is 0.143. The van der Waals surface area contributed by atoms with Crippen molar-refractivity contribution in [2.75, 3.05) is 5.32 Å². The van der Waals surface area contributed by atoms with Crippen LogP contribution in [0.2, 0.25) is 0 Å². The standard InChI is InChI=1S/C14H12F3NO4/c15-14(16,17)22-9-4-5-11(19)8(6-9)7-18-10-2-1-3-12(20)13(10)21/h1-6,18-21H,7H2. The molecule has 0 saturated carbocycles. The average molecular weight is 315 g/mol. The van der Waals surface area contributed by atoms with Crippen molar-refractivity contribution in [2.24, 2.45) is 0 Å². The van der Waals surface area contributed by atoms with E-state index in [0.29, 0.717) is 0 Å². The van der Waals surface area contributed by atoms with Gasteiger partial charge < -0.3 is 25.4 Å². The van der Waals surface area contributed by atoms with E-state index in [4.69, 9.17) is 0 Å². The van der Waals surface area contributed by atoms with Gasteiger partial charge in [0, 0.05) is 12.1 Å². The van der Waals surface area contributed by atoms with Crippen LogP contribution >= 0.6 is 0 Å². The highest BCUT2D eigenvalue weighted by molar-refractivity contribution is 5.62. The molecule has 0 radical (unpaired) electrons. The third-order valence-electron chi connectivity index (χ3n) is 2.77. The lowest BCUT2D eigenvalue weighted by atomic mass is 10.1. The number of nitrogens with one attached hydrogen (secondary N) is 1. The van der Waals surface area contributed by atoms with Crippen LogP contribution in [0, 0.1) is 0 Å². The molecule has 0 aromatic heterocycles. The molecule has 0 aliphatic carbocycles. The van der Waals surface area contributed by atoms with Gasteiger partial charge in [0.2, 0.25) is 0 Å². The third kappa shape index (κ3) is 3.87. The van der Waals surface area contributed by atoms with E-state index in [9.17, 15) is 28.5 Å². The number of benzene rings is 2. The second-order valence-corrected chi connectivity index (χ2v) is 4.37. The fourth-order valence-electron chi connectivity index (χ4n) is 1.77. The Morgan fingerprint density at radius 1 is 1.00 bits per heavy atom. The summed E-state index contributed by atoms with van der Waals surface area (Å²) in [5.74, 6) is -1.45. The van der Waals surface area contributed by atoms with Crippen molar-refractivity contribution >= 4 is 5.69 Å². The van der Waals surface area contributed by atoms with Gasteiger partial charge in [-0.25, -0.2) is 0 Å². The van der Waals surface area contributed by atoms with Crippen LogP contribution in [0.15, 0.2) is 36.4 Å². The molecule has 2 aromatic carbocycles. The number of phenolic OH excluding ortho intramolecular Hbond substituents is 3. The first-order chi connectivity index (χ1) is 10.3. The molecule has 0 aliphatic heterocycles. The quantitative estimate of drug-likeness (QED) is 0.651. The zero-order valence-corrected chi connectivity index (χ0v) is 11.1. The second-order valence-electron chi connectivity index (χ2n) is 4.37. The van der Waals surface area contributed by atoms with Gasteiger partial charge in [0.25, 0.3) is 0 Å². The summed E-state index contributed by atoms with van der Waals surface area (Å²) in [6.45, 7) is -0.0854. The van der Waals surface area contributed by atoms with E-state index in [1.54, 1.807) is 0 Å². The van der Waals surface area contributed by atoms with Crippen LogP contribution in [0.3, 0.4) is 0 Å². The van der Waals surface area contributed by atoms with Crippen LogP contribution in [-0.4, -0.2) is 21.7 Å². The number of ether oxygens (including phenoxy) is 1. The van der Waals surface area contributed by atoms with E-state index < -0.39 is 17.9 Å². The minimum Gasteiger partial charge on any atom is -0.508 e. The molecule has 0 atom stereocenters. The molecular formula is C14H12F3NO4. The maximum absolute atomic E-state index is 12.2. The summed E-state index contributed by atoms with van der Waals surface area (Å²) in [5, 5.41) is 31.3. The summed E-state index contributed by atoms with van der Waals surface area (Å²) in [6.07, 6.45) is -4.83. The van der Waals surface area contributed by atoms with Gasteiger partial charge in [-0.1, -0.05) is 6.07 Å². The van der Waals surface area contributed by atoms with Crippen LogP contribution in [0.5, 0.6) is 23.0 Å². The van der Waals surface area contributed by atoms with E-state index in [2.05, 4.69) is 10.1 Å². The molecule has 0 bridgehead atoms. The third-order valence-corrected chi connectivity index (χ3v) is 2.77. The van der Waals surface area contributed by atoms with E-state index in [0.717, 1.165) is 18.2 Å². The normalized spacial score (nSPS) is 11.2. The lowest BCUT2D eigenvalue weighted by Crippen LogP contribution is -2.17. The molecule has 8 heteroatoms. The van der Waals surface area contributed by atoms with Gasteiger partial charge in [-0.05, 0) is 30.3 Å². The summed E-state index contributed by atoms with van der Waals surface area (Å²) >= 11 is 0. The topological polar surface area (TPSA) is 82.0 Å². The van der Waals surface area contributed by atoms with Crippen molar-refractivity contribution in [1.82, 2.24) is 0 Å². The van der Waals surface area contributed by atoms with Gasteiger partial charge in [0.1, 0.15) is 11.5 Å². The molecule has 0 heterocycles. The lowest BCUT2D eigenvalue weighted by molar-refractivity contribution is -0.274. The highest BCUT2D eigenvalue weighted by atomic mass is 19.4. The van der Waals surface area contributed by atoms with Crippen LogP contribution in [0.4, 0.5) is 18.9 Å². The smallest absolute Gasteiger partial charge is 0.508 e. The number of alkyl halides is 3. The number of hydrogen-bond acceptors (Lipinski definition) is 5. The molecule has 0 spiro atoms. The Labute approximate surface area is 123 Å². The molecule has 0 aliphatic rings. The van der Waals surface area contributed by atoms with Gasteiger partial charge in [0.15, 0.2) is 11.5 Å². The van der Waals surface area contributed by atoms with Crippen LogP contribution in [-0.2, 0) is 6.54 Å². The van der Waals surface area contributed by atoms with Gasteiger partial charge >= 0.3 is 6.36 Å². The van der Waals surface area contributed by atoms with Crippen molar-refractivity contribution in [3.8, 4) is 23.0 Å². The SMILES string of the molecule is Oc1ccc(OC(F)(F)F)cc1CNc1cccc(O)c1O. The molecule has 0 fully saturated rings. The highest BCUT2D eigenvalue weighted by Gasteiger charge is 2.31. The maximum atomic E-state index is 12.2. The lowest BCUT2D eigenvalue weighted by Gasteiger charge is -2.13. The molecule has 2 rings (SSSR count). The second kappa shape index (κ2) is 5.92. The van der Waals surface area contributed by atoms with E-state index >= 15 is 0 Å². The molecule has 4 N–H and O–H groups in total. The van der Waals surface area contributed by atoms with Crippen LogP contribution in [0.1, 0.15) is 5.56 Å². The largest absolute Gasteiger partial charge is 0.573 e. The van der Waals surface area contributed by atoms with E-state index in [1.165, 1.54) is 18.2 Å². The predicted octanol–water partition coefficient (Wildman–Crippen LogP) is 3.31. The molecule has 0 unspecified atom stereocenters. The zero-order valence-electron chi connectivity index (χ0n) is 11.1. The number of anilines is 1. The number of phenols is 3. The van der Waals surface area contributed by atoms with Gasteiger partial charge in [-0.15, -0.1) is 13.2 Å². The van der Waals surface area contributed by atoms with Crippen molar-refractivity contribution < 1.29 is 33.2 Å². The van der Waals surface area contributed by atoms with Gasteiger partial charge in [-0.2, -0.15) is 0 Å². The minimum absolute atomic E-state index is 0.0854. The fourth-order valence-corrected chi connectivity index (χ4v) is 1.77. The van der Waals surface area contributed by atoms with Crippen molar-refractivity contribution in [2.45, 2.75) is 12.9 Å². The number of hydrogen-bond donors (Lipinski definition) is 4. The Hall–Kier alpha value is -2.77. The molecular weight excluding hydrogens is 303 g/mol. The average Bonchev–Trinajstić information content (AvgIpc) is 2.42. The molecule has 2 aromatic rings. The first-order valence-electron chi connectivity index (χ1n) is 6.09. The Morgan fingerprint density at radius 2 is 1.73 bits per heavy atom. The number of rotatable bonds is 4. The number of halogens is 3. The first-order valence-corrected chi connectivity index (χ1v) is 6.09. The molecule has 118 valence electrons. The van der Waals surface area contributed by atoms with Crippen LogP contribution in [0.25, 0.3) is 0 Å². The van der Waals surface area contributed by atoms with Gasteiger partial charge in [0.05, 0.1) is 5.69 Å². The summed E-state index contributed by atoms with van der Waals surface area (Å²) < 4.78 is 40.2. The molecule has 0 amide bonds. The van der Waals surface area contributed by atoms with Gasteiger partial charge in [-0.3, -0.25) is 0 Å². The molecule has 22 heavy (non-hydrogen) atoms. The zero-order chi connectivity index (χ0) is 16.3. The summed E-state index contributed by atoms with van der Waals surface area (Å²) in [4.78, 5) is 0. The highest BCUT2D eigenvalue weighted by Crippen LogP contribution is 2.34. The maximum Gasteiger partial charge on any atom is 0.573 e. The minimum atomic E-state index is -4.83. The summed E-state index contributed by atoms with van der Waals surface area (Å²) in [7, 11) is 0. The first kappa shape index (κ1) is 15.6. The van der Waals surface area contributed by atoms with Crippen LogP contribution < -0.4 is 10.1 Å². The summed E-state index contributed by atoms with van der Waals surface area (Å²) in [6, 6.07) is 7.28.